The van der Waals surface area contributed by atoms with E-state index < -0.39 is 0 Å². The van der Waals surface area contributed by atoms with Gasteiger partial charge in [-0.2, -0.15) is 0 Å². The van der Waals surface area contributed by atoms with Crippen molar-refractivity contribution in [2.45, 2.75) is 32.7 Å². The normalized spacial score (nSPS) is 20.8. The van der Waals surface area contributed by atoms with E-state index in [4.69, 9.17) is 0 Å². The Hall–Kier alpha value is -1.09. The summed E-state index contributed by atoms with van der Waals surface area (Å²) in [7, 11) is 2.20. The van der Waals surface area contributed by atoms with Crippen LogP contribution in [0.4, 0.5) is 5.82 Å². The maximum atomic E-state index is 4.60. The van der Waals surface area contributed by atoms with Crippen molar-refractivity contribution in [2.24, 2.45) is 0 Å². The van der Waals surface area contributed by atoms with Gasteiger partial charge in [-0.25, -0.2) is 4.98 Å². The van der Waals surface area contributed by atoms with Gasteiger partial charge in [-0.15, -0.1) is 0 Å². The molecule has 0 amide bonds. The van der Waals surface area contributed by atoms with Crippen molar-refractivity contribution in [1.82, 2.24) is 9.88 Å². The molecule has 0 N–H and O–H groups in total. The second-order valence-electron chi connectivity index (χ2n) is 4.76. The molecule has 1 aromatic rings. The van der Waals surface area contributed by atoms with E-state index in [2.05, 4.69) is 54.0 Å². The molecule has 0 saturated carbocycles. The Balaban J connectivity index is 2.12. The van der Waals surface area contributed by atoms with Crippen molar-refractivity contribution < 1.29 is 0 Å². The standard InChI is InChI=1S/C14H23N3/c1-4-17(5-2)14-9-8-12(11-15-14)13-7-6-10-16(13)3/h8-9,11,13H,4-7,10H2,1-3H3. The van der Waals surface area contributed by atoms with E-state index in [1.165, 1.54) is 24.9 Å². The zero-order valence-corrected chi connectivity index (χ0v) is 11.2. The van der Waals surface area contributed by atoms with Gasteiger partial charge in [-0.3, -0.25) is 4.90 Å². The van der Waals surface area contributed by atoms with Crippen molar-refractivity contribution in [3.63, 3.8) is 0 Å². The summed E-state index contributed by atoms with van der Waals surface area (Å²) in [6, 6.07) is 4.98. The zero-order chi connectivity index (χ0) is 12.3. The third kappa shape index (κ3) is 2.60. The number of hydrogen-bond acceptors (Lipinski definition) is 3. The molecule has 94 valence electrons. The van der Waals surface area contributed by atoms with E-state index in [0.717, 1.165) is 18.9 Å². The van der Waals surface area contributed by atoms with Crippen LogP contribution in [0.5, 0.6) is 0 Å². The van der Waals surface area contributed by atoms with E-state index in [0.29, 0.717) is 6.04 Å². The fourth-order valence-electron chi connectivity index (χ4n) is 2.66. The van der Waals surface area contributed by atoms with Crippen molar-refractivity contribution in [1.29, 1.82) is 0 Å². The van der Waals surface area contributed by atoms with Gasteiger partial charge in [0.15, 0.2) is 0 Å². The molecule has 1 aliphatic heterocycles. The Morgan fingerprint density at radius 1 is 1.35 bits per heavy atom. The van der Waals surface area contributed by atoms with Gasteiger partial charge >= 0.3 is 0 Å². The molecular weight excluding hydrogens is 210 g/mol. The van der Waals surface area contributed by atoms with Gasteiger partial charge in [0.2, 0.25) is 0 Å². The van der Waals surface area contributed by atoms with Gasteiger partial charge in [0.05, 0.1) is 0 Å². The van der Waals surface area contributed by atoms with Crippen LogP contribution in [0.1, 0.15) is 38.3 Å². The molecule has 3 nitrogen and oxygen atoms in total. The molecule has 1 unspecified atom stereocenters. The smallest absolute Gasteiger partial charge is 0.128 e. The summed E-state index contributed by atoms with van der Waals surface area (Å²) < 4.78 is 0. The highest BCUT2D eigenvalue weighted by molar-refractivity contribution is 5.39. The van der Waals surface area contributed by atoms with Crippen LogP contribution in [0.25, 0.3) is 0 Å². The van der Waals surface area contributed by atoms with Crippen molar-refractivity contribution in [3.8, 4) is 0 Å². The van der Waals surface area contributed by atoms with Crippen LogP contribution in [-0.4, -0.2) is 36.6 Å². The first kappa shape index (κ1) is 12.4. The van der Waals surface area contributed by atoms with E-state index in [-0.39, 0.29) is 0 Å². The summed E-state index contributed by atoms with van der Waals surface area (Å²) in [5.41, 5.74) is 1.36. The highest BCUT2D eigenvalue weighted by atomic mass is 15.2. The van der Waals surface area contributed by atoms with Crippen molar-refractivity contribution in [2.75, 3.05) is 31.6 Å². The monoisotopic (exact) mass is 233 g/mol. The minimum absolute atomic E-state index is 0.577. The topological polar surface area (TPSA) is 19.4 Å². The maximum absolute atomic E-state index is 4.60. The number of hydrogen-bond donors (Lipinski definition) is 0. The van der Waals surface area contributed by atoms with Crippen LogP contribution < -0.4 is 4.90 Å². The van der Waals surface area contributed by atoms with Gasteiger partial charge in [0.25, 0.3) is 0 Å². The largest absolute Gasteiger partial charge is 0.357 e. The van der Waals surface area contributed by atoms with E-state index in [1.54, 1.807) is 0 Å². The Bertz CT molecular complexity index is 343. The lowest BCUT2D eigenvalue weighted by molar-refractivity contribution is 0.317. The zero-order valence-electron chi connectivity index (χ0n) is 11.2. The fraction of sp³-hybridized carbons (Fsp3) is 0.643. The average Bonchev–Trinajstić information content (AvgIpc) is 2.78. The fourth-order valence-corrected chi connectivity index (χ4v) is 2.66. The number of aromatic nitrogens is 1. The highest BCUT2D eigenvalue weighted by Gasteiger charge is 2.22. The lowest BCUT2D eigenvalue weighted by Gasteiger charge is -2.22. The van der Waals surface area contributed by atoms with E-state index in [9.17, 15) is 0 Å². The molecule has 0 aliphatic carbocycles. The Labute approximate surface area is 104 Å². The van der Waals surface area contributed by atoms with Gasteiger partial charge in [0.1, 0.15) is 5.82 Å². The molecule has 17 heavy (non-hydrogen) atoms. The number of pyridine rings is 1. The molecule has 0 radical (unpaired) electrons. The Kier molecular flexibility index (Phi) is 4.00. The first-order valence-electron chi connectivity index (χ1n) is 6.67. The van der Waals surface area contributed by atoms with Crippen molar-refractivity contribution >= 4 is 5.82 Å². The van der Waals surface area contributed by atoms with Crippen LogP contribution >= 0.6 is 0 Å². The first-order valence-corrected chi connectivity index (χ1v) is 6.67. The minimum atomic E-state index is 0.577. The van der Waals surface area contributed by atoms with Crippen LogP contribution in [0.15, 0.2) is 18.3 Å². The Morgan fingerprint density at radius 2 is 2.12 bits per heavy atom. The number of nitrogens with zero attached hydrogens (tertiary/aromatic N) is 3. The Morgan fingerprint density at radius 3 is 2.59 bits per heavy atom. The maximum Gasteiger partial charge on any atom is 0.128 e. The summed E-state index contributed by atoms with van der Waals surface area (Å²) in [5, 5.41) is 0. The third-order valence-electron chi connectivity index (χ3n) is 3.76. The second-order valence-corrected chi connectivity index (χ2v) is 4.76. The van der Waals surface area contributed by atoms with E-state index in [1.807, 2.05) is 0 Å². The van der Waals surface area contributed by atoms with E-state index >= 15 is 0 Å². The first-order chi connectivity index (χ1) is 8.26. The molecule has 0 aromatic carbocycles. The summed E-state index contributed by atoms with van der Waals surface area (Å²) in [6.07, 6.45) is 4.63. The summed E-state index contributed by atoms with van der Waals surface area (Å²) in [5.74, 6) is 1.10. The molecular formula is C14H23N3. The summed E-state index contributed by atoms with van der Waals surface area (Å²) >= 11 is 0. The molecule has 0 spiro atoms. The molecule has 1 saturated heterocycles. The second kappa shape index (κ2) is 5.50. The van der Waals surface area contributed by atoms with Crippen molar-refractivity contribution in [3.05, 3.63) is 23.9 Å². The molecule has 3 heteroatoms. The quantitative estimate of drug-likeness (QED) is 0.797. The van der Waals surface area contributed by atoms with Crippen LogP contribution in [0.3, 0.4) is 0 Å². The average molecular weight is 233 g/mol. The predicted molar refractivity (Wildman–Crippen MR) is 72.4 cm³/mol. The lowest BCUT2D eigenvalue weighted by Crippen LogP contribution is -2.23. The minimum Gasteiger partial charge on any atom is -0.357 e. The van der Waals surface area contributed by atoms with Gasteiger partial charge in [-0.1, -0.05) is 6.07 Å². The summed E-state index contributed by atoms with van der Waals surface area (Å²) in [4.78, 5) is 9.30. The highest BCUT2D eigenvalue weighted by Crippen LogP contribution is 2.30. The summed E-state index contributed by atoms with van der Waals surface area (Å²) in [6.45, 7) is 7.59. The number of likely N-dealkylation sites (tertiary alicyclic amines) is 1. The number of anilines is 1. The molecule has 1 fully saturated rings. The van der Waals surface area contributed by atoms with Crippen LogP contribution in [0.2, 0.25) is 0 Å². The molecule has 2 rings (SSSR count). The predicted octanol–water partition coefficient (Wildman–Crippen LogP) is 2.69. The van der Waals surface area contributed by atoms with Gasteiger partial charge in [-0.05, 0) is 51.9 Å². The molecule has 1 aliphatic rings. The lowest BCUT2D eigenvalue weighted by atomic mass is 10.1. The molecule has 1 aromatic heterocycles. The number of rotatable bonds is 4. The van der Waals surface area contributed by atoms with Gasteiger partial charge in [0, 0.05) is 25.3 Å². The molecule has 1 atom stereocenters. The third-order valence-corrected chi connectivity index (χ3v) is 3.76. The molecule has 0 bridgehead atoms. The van der Waals surface area contributed by atoms with Gasteiger partial charge < -0.3 is 4.90 Å². The molecule has 2 heterocycles. The SMILES string of the molecule is CCN(CC)c1ccc(C2CCCN2C)cn1. The van der Waals surface area contributed by atoms with Crippen LogP contribution in [-0.2, 0) is 0 Å². The van der Waals surface area contributed by atoms with Crippen LogP contribution in [0, 0.1) is 0 Å².